The highest BCUT2D eigenvalue weighted by molar-refractivity contribution is 6.32. The number of ether oxygens (including phenoxy) is 1. The SMILES string of the molecule is Cc1ccc(Cl)c(OCC(=O)NN2C(=O)NC3(CCCCC3)C2=O)c1. The first-order valence-electron chi connectivity index (χ1n) is 8.26. The Morgan fingerprint density at radius 3 is 2.76 bits per heavy atom. The Kier molecular flexibility index (Phi) is 4.85. The number of imide groups is 1. The van der Waals surface area contributed by atoms with Crippen LogP contribution < -0.4 is 15.5 Å². The molecule has 134 valence electrons. The summed E-state index contributed by atoms with van der Waals surface area (Å²) in [5.41, 5.74) is 2.39. The molecule has 1 aromatic rings. The number of halogens is 1. The van der Waals surface area contributed by atoms with Crippen molar-refractivity contribution in [1.82, 2.24) is 15.8 Å². The zero-order valence-corrected chi connectivity index (χ0v) is 14.7. The zero-order valence-electron chi connectivity index (χ0n) is 13.9. The molecule has 0 radical (unpaired) electrons. The van der Waals surface area contributed by atoms with E-state index < -0.39 is 23.4 Å². The van der Waals surface area contributed by atoms with E-state index in [2.05, 4.69) is 10.7 Å². The van der Waals surface area contributed by atoms with Gasteiger partial charge in [-0.3, -0.25) is 15.0 Å². The van der Waals surface area contributed by atoms with Gasteiger partial charge in [-0.15, -0.1) is 0 Å². The Morgan fingerprint density at radius 1 is 1.32 bits per heavy atom. The van der Waals surface area contributed by atoms with Crippen LogP contribution in [-0.2, 0) is 9.59 Å². The molecule has 4 amide bonds. The van der Waals surface area contributed by atoms with Crippen molar-refractivity contribution in [2.24, 2.45) is 0 Å². The Hall–Kier alpha value is -2.28. The van der Waals surface area contributed by atoms with E-state index in [-0.39, 0.29) is 6.61 Å². The number of hydrogen-bond acceptors (Lipinski definition) is 4. The van der Waals surface area contributed by atoms with Crippen LogP contribution in [0.1, 0.15) is 37.7 Å². The number of urea groups is 1. The number of carbonyl (C=O) groups is 3. The first kappa shape index (κ1) is 17.5. The van der Waals surface area contributed by atoms with Gasteiger partial charge in [0, 0.05) is 0 Å². The minimum absolute atomic E-state index is 0.354. The molecule has 8 heteroatoms. The van der Waals surface area contributed by atoms with Gasteiger partial charge in [0.15, 0.2) is 6.61 Å². The summed E-state index contributed by atoms with van der Waals surface area (Å²) in [6.07, 6.45) is 3.99. The predicted molar refractivity (Wildman–Crippen MR) is 91.0 cm³/mol. The summed E-state index contributed by atoms with van der Waals surface area (Å²) in [6.45, 7) is 1.52. The van der Waals surface area contributed by atoms with Crippen LogP contribution in [0.5, 0.6) is 5.75 Å². The summed E-state index contributed by atoms with van der Waals surface area (Å²) in [6, 6.07) is 4.61. The topological polar surface area (TPSA) is 87.7 Å². The molecule has 2 N–H and O–H groups in total. The quantitative estimate of drug-likeness (QED) is 0.801. The van der Waals surface area contributed by atoms with Crippen LogP contribution >= 0.6 is 11.6 Å². The van der Waals surface area contributed by atoms with Crippen molar-refractivity contribution in [2.75, 3.05) is 6.61 Å². The van der Waals surface area contributed by atoms with Crippen LogP contribution in [0.4, 0.5) is 4.79 Å². The van der Waals surface area contributed by atoms with Crippen molar-refractivity contribution in [2.45, 2.75) is 44.6 Å². The van der Waals surface area contributed by atoms with Gasteiger partial charge < -0.3 is 10.1 Å². The molecule has 1 aliphatic carbocycles. The molecule has 1 spiro atoms. The van der Waals surface area contributed by atoms with Gasteiger partial charge in [-0.2, -0.15) is 5.01 Å². The lowest BCUT2D eigenvalue weighted by Gasteiger charge is -2.30. The molecule has 0 unspecified atom stereocenters. The number of rotatable bonds is 4. The van der Waals surface area contributed by atoms with Crippen molar-refractivity contribution in [1.29, 1.82) is 0 Å². The lowest BCUT2D eigenvalue weighted by molar-refractivity contribution is -0.140. The molecule has 7 nitrogen and oxygen atoms in total. The fourth-order valence-corrected chi connectivity index (χ4v) is 3.41. The van der Waals surface area contributed by atoms with E-state index >= 15 is 0 Å². The van der Waals surface area contributed by atoms with Gasteiger partial charge in [0.05, 0.1) is 5.02 Å². The largest absolute Gasteiger partial charge is 0.482 e. The Morgan fingerprint density at radius 2 is 2.04 bits per heavy atom. The third-order valence-electron chi connectivity index (χ3n) is 4.55. The molecule has 0 atom stereocenters. The molecule has 1 aliphatic heterocycles. The molecule has 1 saturated heterocycles. The summed E-state index contributed by atoms with van der Waals surface area (Å²) >= 11 is 6.01. The molecule has 25 heavy (non-hydrogen) atoms. The maximum Gasteiger partial charge on any atom is 0.344 e. The molecule has 0 bridgehead atoms. The van der Waals surface area contributed by atoms with E-state index in [9.17, 15) is 14.4 Å². The minimum Gasteiger partial charge on any atom is -0.482 e. The van der Waals surface area contributed by atoms with Gasteiger partial charge in [0.25, 0.3) is 11.8 Å². The van der Waals surface area contributed by atoms with Gasteiger partial charge in [0.1, 0.15) is 11.3 Å². The van der Waals surface area contributed by atoms with Crippen LogP contribution in [0.2, 0.25) is 5.02 Å². The Balaban J connectivity index is 1.60. The normalized spacial score (nSPS) is 19.0. The second-order valence-corrected chi connectivity index (χ2v) is 6.88. The minimum atomic E-state index is -0.872. The number of nitrogens with one attached hydrogen (secondary N) is 2. The van der Waals surface area contributed by atoms with E-state index in [1.165, 1.54) is 0 Å². The highest BCUT2D eigenvalue weighted by Crippen LogP contribution is 2.33. The number of carbonyl (C=O) groups excluding carboxylic acids is 3. The maximum absolute atomic E-state index is 12.6. The second kappa shape index (κ2) is 6.92. The smallest absolute Gasteiger partial charge is 0.344 e. The van der Waals surface area contributed by atoms with Crippen molar-refractivity contribution in [3.63, 3.8) is 0 Å². The zero-order chi connectivity index (χ0) is 18.0. The summed E-state index contributed by atoms with van der Waals surface area (Å²) in [5.74, 6) is -0.633. The number of hydrazine groups is 1. The van der Waals surface area contributed by atoms with Gasteiger partial charge >= 0.3 is 6.03 Å². The Labute approximate surface area is 150 Å². The standard InChI is InChI=1S/C17H20ClN3O4/c1-11-5-6-12(18)13(9-11)25-10-14(22)20-21-15(23)17(19-16(21)24)7-3-2-4-8-17/h5-6,9H,2-4,7-8,10H2,1H3,(H,19,24)(H,20,22). The summed E-state index contributed by atoms with van der Waals surface area (Å²) in [7, 11) is 0. The van der Waals surface area contributed by atoms with Gasteiger partial charge in [-0.25, -0.2) is 4.79 Å². The molecule has 2 fully saturated rings. The van der Waals surface area contributed by atoms with E-state index in [1.54, 1.807) is 12.1 Å². The number of aryl methyl sites for hydroxylation is 1. The van der Waals surface area contributed by atoms with E-state index in [4.69, 9.17) is 16.3 Å². The molecule has 1 heterocycles. The Bertz CT molecular complexity index is 716. The van der Waals surface area contributed by atoms with Gasteiger partial charge in [-0.1, -0.05) is 36.9 Å². The van der Waals surface area contributed by atoms with Crippen LogP contribution in [0, 0.1) is 6.92 Å². The fraction of sp³-hybridized carbons (Fsp3) is 0.471. The molecule has 1 saturated carbocycles. The average molecular weight is 366 g/mol. The van der Waals surface area contributed by atoms with Crippen LogP contribution in [0.15, 0.2) is 18.2 Å². The van der Waals surface area contributed by atoms with Crippen LogP contribution in [0.25, 0.3) is 0 Å². The van der Waals surface area contributed by atoms with Gasteiger partial charge in [-0.05, 0) is 37.5 Å². The highest BCUT2D eigenvalue weighted by Gasteiger charge is 2.52. The number of amides is 4. The first-order chi connectivity index (χ1) is 11.9. The lowest BCUT2D eigenvalue weighted by atomic mass is 9.82. The number of benzene rings is 1. The van der Waals surface area contributed by atoms with Crippen molar-refractivity contribution in [3.05, 3.63) is 28.8 Å². The number of nitrogens with zero attached hydrogens (tertiary/aromatic N) is 1. The molecule has 0 aromatic heterocycles. The number of hydrogen-bond donors (Lipinski definition) is 2. The van der Waals surface area contributed by atoms with Gasteiger partial charge in [0.2, 0.25) is 0 Å². The van der Waals surface area contributed by atoms with Crippen molar-refractivity contribution in [3.8, 4) is 5.75 Å². The lowest BCUT2D eigenvalue weighted by Crippen LogP contribution is -2.51. The van der Waals surface area contributed by atoms with Crippen LogP contribution in [-0.4, -0.2) is 35.0 Å². The molecular weight excluding hydrogens is 346 g/mol. The summed E-state index contributed by atoms with van der Waals surface area (Å²) in [5, 5.41) is 3.87. The highest BCUT2D eigenvalue weighted by atomic mass is 35.5. The summed E-state index contributed by atoms with van der Waals surface area (Å²) in [4.78, 5) is 36.7. The molecular formula is C17H20ClN3O4. The van der Waals surface area contributed by atoms with E-state index in [1.807, 2.05) is 13.0 Å². The fourth-order valence-electron chi connectivity index (χ4n) is 3.24. The first-order valence-corrected chi connectivity index (χ1v) is 8.64. The molecule has 2 aliphatic rings. The monoisotopic (exact) mass is 365 g/mol. The van der Waals surface area contributed by atoms with Crippen molar-refractivity contribution >= 4 is 29.4 Å². The molecule has 1 aromatic carbocycles. The summed E-state index contributed by atoms with van der Waals surface area (Å²) < 4.78 is 5.38. The second-order valence-electron chi connectivity index (χ2n) is 6.47. The van der Waals surface area contributed by atoms with E-state index in [0.717, 1.165) is 29.8 Å². The predicted octanol–water partition coefficient (Wildman–Crippen LogP) is 2.31. The van der Waals surface area contributed by atoms with E-state index in [0.29, 0.717) is 23.6 Å². The average Bonchev–Trinajstić information content (AvgIpc) is 2.80. The van der Waals surface area contributed by atoms with Crippen molar-refractivity contribution < 1.29 is 19.1 Å². The maximum atomic E-state index is 12.6. The third-order valence-corrected chi connectivity index (χ3v) is 4.86. The molecule has 3 rings (SSSR count). The van der Waals surface area contributed by atoms with Crippen LogP contribution in [0.3, 0.4) is 0 Å². The third kappa shape index (κ3) is 3.56.